The van der Waals surface area contributed by atoms with Crippen LogP contribution in [0.15, 0.2) is 18.2 Å². The van der Waals surface area contributed by atoms with Gasteiger partial charge in [0.25, 0.3) is 5.91 Å². The molecule has 1 aromatic carbocycles. The second-order valence-corrected chi connectivity index (χ2v) is 7.62. The van der Waals surface area contributed by atoms with E-state index in [9.17, 15) is 4.79 Å². The van der Waals surface area contributed by atoms with E-state index in [2.05, 4.69) is 4.90 Å². The summed E-state index contributed by atoms with van der Waals surface area (Å²) in [6, 6.07) is 5.78. The highest BCUT2D eigenvalue weighted by molar-refractivity contribution is 5.95. The normalized spacial score (nSPS) is 26.3. The molecule has 6 heteroatoms. The van der Waals surface area contributed by atoms with E-state index >= 15 is 0 Å². The number of hydrogen-bond donors (Lipinski definition) is 0. The summed E-state index contributed by atoms with van der Waals surface area (Å²) in [6.45, 7) is 6.30. The largest absolute Gasteiger partial charge is 0.495 e. The molecule has 0 saturated carbocycles. The van der Waals surface area contributed by atoms with Gasteiger partial charge < -0.3 is 24.0 Å². The van der Waals surface area contributed by atoms with Crippen molar-refractivity contribution in [1.29, 1.82) is 0 Å². The van der Waals surface area contributed by atoms with Crippen molar-refractivity contribution in [2.24, 2.45) is 5.41 Å². The zero-order valence-electron chi connectivity index (χ0n) is 15.5. The van der Waals surface area contributed by atoms with Crippen LogP contribution in [0.1, 0.15) is 29.6 Å². The van der Waals surface area contributed by atoms with Crippen LogP contribution in [0, 0.1) is 5.41 Å². The summed E-state index contributed by atoms with van der Waals surface area (Å²) >= 11 is 0. The number of likely N-dealkylation sites (tertiary alicyclic amines) is 1. The van der Waals surface area contributed by atoms with Gasteiger partial charge in [0.1, 0.15) is 5.75 Å². The highest BCUT2D eigenvalue weighted by atomic mass is 16.5. The second kappa shape index (κ2) is 7.45. The number of ether oxygens (including phenoxy) is 3. The molecule has 6 nitrogen and oxygen atoms in total. The lowest BCUT2D eigenvalue weighted by Gasteiger charge is -2.39. The van der Waals surface area contributed by atoms with Crippen LogP contribution >= 0.6 is 0 Å². The third kappa shape index (κ3) is 3.40. The Morgan fingerprint density at radius 1 is 1.12 bits per heavy atom. The first-order chi connectivity index (χ1) is 12.7. The minimum atomic E-state index is 0.119. The van der Waals surface area contributed by atoms with Gasteiger partial charge in [0.2, 0.25) is 0 Å². The molecule has 0 radical (unpaired) electrons. The lowest BCUT2D eigenvalue weighted by Crippen LogP contribution is -2.46. The van der Waals surface area contributed by atoms with Gasteiger partial charge in [-0.3, -0.25) is 4.79 Å². The molecule has 3 fully saturated rings. The smallest absolute Gasteiger partial charge is 0.253 e. The van der Waals surface area contributed by atoms with E-state index in [0.717, 1.165) is 69.2 Å². The van der Waals surface area contributed by atoms with E-state index in [1.54, 1.807) is 7.11 Å². The standard InChI is InChI=1S/C20H28N2O4/c1-24-18-4-3-16(13-17(18)21-8-11-25-12-9-21)19(23)22-7-2-5-20(14-22)6-10-26-15-20/h3-4,13H,2,5-12,14-15H2,1H3/t20-/m0/s1. The molecule has 1 amide bonds. The van der Waals surface area contributed by atoms with Gasteiger partial charge in [0.15, 0.2) is 0 Å². The maximum atomic E-state index is 13.2. The highest BCUT2D eigenvalue weighted by Crippen LogP contribution is 2.38. The highest BCUT2D eigenvalue weighted by Gasteiger charge is 2.40. The SMILES string of the molecule is COc1ccc(C(=O)N2CCC[C@]3(CCOC3)C2)cc1N1CCOCC1. The van der Waals surface area contributed by atoms with Crippen LogP contribution in [0.25, 0.3) is 0 Å². The molecule has 3 aliphatic heterocycles. The molecule has 3 saturated heterocycles. The van der Waals surface area contributed by atoms with Gasteiger partial charge >= 0.3 is 0 Å². The van der Waals surface area contributed by atoms with Crippen LogP contribution in [0.3, 0.4) is 0 Å². The Bertz CT molecular complexity index is 651. The Hall–Kier alpha value is -1.79. The van der Waals surface area contributed by atoms with E-state index in [1.807, 2.05) is 23.1 Å². The summed E-state index contributed by atoms with van der Waals surface area (Å²) in [4.78, 5) is 17.4. The molecule has 1 aromatic rings. The average Bonchev–Trinajstić information content (AvgIpc) is 3.15. The van der Waals surface area contributed by atoms with Crippen molar-refractivity contribution >= 4 is 11.6 Å². The van der Waals surface area contributed by atoms with Crippen LogP contribution in [-0.4, -0.2) is 70.5 Å². The quantitative estimate of drug-likeness (QED) is 0.827. The van der Waals surface area contributed by atoms with E-state index < -0.39 is 0 Å². The summed E-state index contributed by atoms with van der Waals surface area (Å²) in [7, 11) is 1.68. The maximum absolute atomic E-state index is 13.2. The molecule has 0 aromatic heterocycles. The number of carbonyl (C=O) groups is 1. The summed E-state index contributed by atoms with van der Waals surface area (Å²) in [5.74, 6) is 0.927. The number of hydrogen-bond acceptors (Lipinski definition) is 5. The molecule has 0 unspecified atom stereocenters. The first-order valence-corrected chi connectivity index (χ1v) is 9.59. The second-order valence-electron chi connectivity index (χ2n) is 7.62. The zero-order valence-corrected chi connectivity index (χ0v) is 15.5. The summed E-state index contributed by atoms with van der Waals surface area (Å²) < 4.78 is 16.6. The van der Waals surface area contributed by atoms with Crippen molar-refractivity contribution in [2.45, 2.75) is 19.3 Å². The summed E-state index contributed by atoms with van der Waals surface area (Å²) in [6.07, 6.45) is 3.29. The van der Waals surface area contributed by atoms with Gasteiger partial charge in [0, 0.05) is 43.8 Å². The molecule has 3 heterocycles. The third-order valence-corrected chi connectivity index (χ3v) is 5.91. The lowest BCUT2D eigenvalue weighted by atomic mass is 9.79. The van der Waals surface area contributed by atoms with Crippen LogP contribution in [0.2, 0.25) is 0 Å². The Balaban J connectivity index is 1.55. The minimum absolute atomic E-state index is 0.119. The Labute approximate surface area is 155 Å². The molecule has 1 spiro atoms. The Morgan fingerprint density at radius 2 is 1.96 bits per heavy atom. The first kappa shape index (κ1) is 17.6. The lowest BCUT2D eigenvalue weighted by molar-refractivity contribution is 0.0462. The molecule has 3 aliphatic rings. The average molecular weight is 360 g/mol. The van der Waals surface area contributed by atoms with Crippen molar-refractivity contribution in [3.8, 4) is 5.75 Å². The van der Waals surface area contributed by atoms with Crippen molar-refractivity contribution in [2.75, 3.05) is 64.6 Å². The van der Waals surface area contributed by atoms with Gasteiger partial charge in [-0.2, -0.15) is 0 Å². The number of benzene rings is 1. The number of amides is 1. The summed E-state index contributed by atoms with van der Waals surface area (Å²) in [5, 5.41) is 0. The third-order valence-electron chi connectivity index (χ3n) is 5.91. The number of carbonyl (C=O) groups excluding carboxylic acids is 1. The number of methoxy groups -OCH3 is 1. The molecular formula is C20H28N2O4. The number of anilines is 1. The molecule has 0 bridgehead atoms. The van der Waals surface area contributed by atoms with Crippen LogP contribution in [-0.2, 0) is 9.47 Å². The summed E-state index contributed by atoms with van der Waals surface area (Å²) in [5.41, 5.74) is 1.90. The van der Waals surface area contributed by atoms with Gasteiger partial charge in [-0.1, -0.05) is 0 Å². The zero-order chi connectivity index (χ0) is 18.0. The minimum Gasteiger partial charge on any atom is -0.495 e. The molecule has 0 aliphatic carbocycles. The monoisotopic (exact) mass is 360 g/mol. The molecular weight excluding hydrogens is 332 g/mol. The van der Waals surface area contributed by atoms with Crippen molar-refractivity contribution in [1.82, 2.24) is 4.90 Å². The number of piperidine rings is 1. The predicted molar refractivity (Wildman–Crippen MR) is 99.0 cm³/mol. The van der Waals surface area contributed by atoms with Crippen LogP contribution in [0.4, 0.5) is 5.69 Å². The topological polar surface area (TPSA) is 51.2 Å². The van der Waals surface area contributed by atoms with E-state index in [0.29, 0.717) is 13.2 Å². The predicted octanol–water partition coefficient (Wildman–Crippen LogP) is 2.17. The van der Waals surface area contributed by atoms with Gasteiger partial charge in [0.05, 0.1) is 32.6 Å². The molecule has 4 rings (SSSR count). The fraction of sp³-hybridized carbons (Fsp3) is 0.650. The van der Waals surface area contributed by atoms with Crippen molar-refractivity contribution in [3.05, 3.63) is 23.8 Å². The molecule has 0 N–H and O–H groups in total. The number of nitrogens with zero attached hydrogens (tertiary/aromatic N) is 2. The molecule has 142 valence electrons. The fourth-order valence-corrected chi connectivity index (χ4v) is 4.41. The van der Waals surface area contributed by atoms with Crippen molar-refractivity contribution in [3.63, 3.8) is 0 Å². The van der Waals surface area contributed by atoms with E-state index in [1.165, 1.54) is 6.42 Å². The number of rotatable bonds is 3. The van der Waals surface area contributed by atoms with Crippen LogP contribution < -0.4 is 9.64 Å². The molecule has 1 atom stereocenters. The van der Waals surface area contributed by atoms with Crippen LogP contribution in [0.5, 0.6) is 5.75 Å². The van der Waals surface area contributed by atoms with Gasteiger partial charge in [-0.05, 0) is 37.5 Å². The van der Waals surface area contributed by atoms with E-state index in [-0.39, 0.29) is 11.3 Å². The Morgan fingerprint density at radius 3 is 2.69 bits per heavy atom. The van der Waals surface area contributed by atoms with Crippen molar-refractivity contribution < 1.29 is 19.0 Å². The first-order valence-electron chi connectivity index (χ1n) is 9.59. The Kier molecular flexibility index (Phi) is 5.05. The molecule has 26 heavy (non-hydrogen) atoms. The van der Waals surface area contributed by atoms with E-state index in [4.69, 9.17) is 14.2 Å². The fourth-order valence-electron chi connectivity index (χ4n) is 4.41. The van der Waals surface area contributed by atoms with Gasteiger partial charge in [-0.15, -0.1) is 0 Å². The number of morpholine rings is 1. The maximum Gasteiger partial charge on any atom is 0.253 e. The van der Waals surface area contributed by atoms with Gasteiger partial charge in [-0.25, -0.2) is 0 Å².